The van der Waals surface area contributed by atoms with Gasteiger partial charge in [0.25, 0.3) is 0 Å². The van der Waals surface area contributed by atoms with Crippen LogP contribution in [0.15, 0.2) is 18.5 Å². The fourth-order valence-corrected chi connectivity index (χ4v) is 4.09. The van der Waals surface area contributed by atoms with Gasteiger partial charge >= 0.3 is 11.9 Å². The fourth-order valence-electron chi connectivity index (χ4n) is 4.09. The Morgan fingerprint density at radius 2 is 2.07 bits per heavy atom. The Hall–Kier alpha value is -2.94. The summed E-state index contributed by atoms with van der Waals surface area (Å²) in [5.74, 6) is -2.23. The average Bonchev–Trinajstić information content (AvgIpc) is 3.24. The third kappa shape index (κ3) is 3.32. The van der Waals surface area contributed by atoms with Crippen molar-refractivity contribution in [3.63, 3.8) is 0 Å². The molecule has 0 bridgehead atoms. The number of carbonyl (C=O) groups excluding carboxylic acids is 1. The topological polar surface area (TPSA) is 165 Å². The third-order valence-corrected chi connectivity index (χ3v) is 5.76. The molecule has 11 heteroatoms. The van der Waals surface area contributed by atoms with Crippen molar-refractivity contribution in [3.8, 4) is 6.07 Å². The van der Waals surface area contributed by atoms with Gasteiger partial charge in [0.05, 0.1) is 5.69 Å². The van der Waals surface area contributed by atoms with Gasteiger partial charge in [0, 0.05) is 0 Å². The van der Waals surface area contributed by atoms with E-state index in [1.54, 1.807) is 25.1 Å². The smallest absolute Gasteiger partial charge is 0.428 e. The second-order valence-electron chi connectivity index (χ2n) is 7.92. The number of hydrogen-bond acceptors (Lipinski definition) is 10. The zero-order valence-electron chi connectivity index (χ0n) is 16.4. The molecule has 0 amide bonds. The van der Waals surface area contributed by atoms with Crippen molar-refractivity contribution in [2.75, 3.05) is 5.73 Å². The van der Waals surface area contributed by atoms with Crippen molar-refractivity contribution in [3.05, 3.63) is 24.2 Å². The van der Waals surface area contributed by atoms with Gasteiger partial charge in [0.1, 0.15) is 35.7 Å². The van der Waals surface area contributed by atoms with Gasteiger partial charge in [-0.1, -0.05) is 6.42 Å². The molecule has 0 spiro atoms. The van der Waals surface area contributed by atoms with Crippen LogP contribution in [0.2, 0.25) is 0 Å². The number of ether oxygens (including phenoxy) is 3. The third-order valence-electron chi connectivity index (χ3n) is 5.76. The zero-order chi connectivity index (χ0) is 21.5. The Balaban J connectivity index is 1.57. The summed E-state index contributed by atoms with van der Waals surface area (Å²) in [7, 11) is 0. The summed E-state index contributed by atoms with van der Waals surface area (Å²) in [5.41, 5.74) is 5.87. The predicted octanol–water partition coefficient (Wildman–Crippen LogP) is 1.20. The Labute approximate surface area is 172 Å². The maximum absolute atomic E-state index is 12.4. The number of nitriles is 1. The summed E-state index contributed by atoms with van der Waals surface area (Å²) in [6, 6.07) is 4.84. The van der Waals surface area contributed by atoms with E-state index in [1.165, 1.54) is 10.8 Å². The predicted molar refractivity (Wildman–Crippen MR) is 101 cm³/mol. The lowest BCUT2D eigenvalue weighted by Gasteiger charge is -2.33. The lowest BCUT2D eigenvalue weighted by molar-refractivity contribution is -0.207. The van der Waals surface area contributed by atoms with Crippen molar-refractivity contribution in [1.29, 1.82) is 5.26 Å². The highest BCUT2D eigenvalue weighted by molar-refractivity contribution is 5.65. The minimum absolute atomic E-state index is 0.205. The number of rotatable bonds is 3. The van der Waals surface area contributed by atoms with Gasteiger partial charge in [-0.3, -0.25) is 0 Å². The average molecular weight is 417 g/mol. The monoisotopic (exact) mass is 417 g/mol. The summed E-state index contributed by atoms with van der Waals surface area (Å²) in [6.07, 6.45) is -0.291. The van der Waals surface area contributed by atoms with Gasteiger partial charge in [-0.15, -0.1) is 0 Å². The first kappa shape index (κ1) is 20.3. The molecule has 160 valence electrons. The molecule has 4 N–H and O–H groups in total. The van der Waals surface area contributed by atoms with Crippen LogP contribution in [0.1, 0.15) is 50.8 Å². The van der Waals surface area contributed by atoms with E-state index in [2.05, 4.69) is 10.1 Å². The van der Waals surface area contributed by atoms with E-state index in [4.69, 9.17) is 19.9 Å². The number of carbonyl (C=O) groups is 1. The molecule has 1 saturated heterocycles. The highest BCUT2D eigenvalue weighted by atomic mass is 16.8. The standard InChI is InChI=1S/C19H23N5O6/c1-18(7-3-2-4-8-18)29-17(27)30-19(9-20)15(26)13(25)14(28-19)11-5-6-12-16(21)22-10-23-24(11)12/h5-6,10,13-15,25-26H,2-4,7-8H2,1H3,(H2,21,22,23)/t13-,14-,15-,19+/m0/s1. The second kappa shape index (κ2) is 7.39. The number of anilines is 1. The highest BCUT2D eigenvalue weighted by Gasteiger charge is 2.60. The first-order valence-electron chi connectivity index (χ1n) is 9.74. The quantitative estimate of drug-likeness (QED) is 0.618. The van der Waals surface area contributed by atoms with Crippen molar-refractivity contribution in [2.24, 2.45) is 0 Å². The van der Waals surface area contributed by atoms with Gasteiger partial charge in [-0.05, 0) is 44.7 Å². The molecule has 1 aliphatic heterocycles. The van der Waals surface area contributed by atoms with Crippen LogP contribution in [-0.4, -0.2) is 54.6 Å². The molecule has 2 aromatic rings. The van der Waals surface area contributed by atoms with Gasteiger partial charge in [0.2, 0.25) is 0 Å². The van der Waals surface area contributed by atoms with Crippen molar-refractivity contribution >= 4 is 17.5 Å². The molecule has 1 saturated carbocycles. The molecule has 2 aliphatic rings. The molecule has 0 unspecified atom stereocenters. The molecule has 11 nitrogen and oxygen atoms in total. The number of nitrogens with two attached hydrogens (primary N) is 1. The molecule has 30 heavy (non-hydrogen) atoms. The van der Waals surface area contributed by atoms with Crippen LogP contribution in [-0.2, 0) is 14.2 Å². The summed E-state index contributed by atoms with van der Waals surface area (Å²) >= 11 is 0. The number of nitrogen functional groups attached to an aromatic ring is 1. The van der Waals surface area contributed by atoms with Crippen molar-refractivity contribution in [2.45, 2.75) is 68.7 Å². The Morgan fingerprint density at radius 3 is 2.77 bits per heavy atom. The fraction of sp³-hybridized carbons (Fsp3) is 0.579. The number of nitrogens with zero attached hydrogens (tertiary/aromatic N) is 4. The molecule has 3 heterocycles. The number of hydrogen-bond donors (Lipinski definition) is 3. The van der Waals surface area contributed by atoms with Crippen molar-refractivity contribution in [1.82, 2.24) is 14.6 Å². The molecule has 4 rings (SSSR count). The molecule has 1 aliphatic carbocycles. The first-order chi connectivity index (χ1) is 14.3. The lowest BCUT2D eigenvalue weighted by atomic mass is 9.86. The van der Waals surface area contributed by atoms with E-state index in [9.17, 15) is 20.3 Å². The van der Waals surface area contributed by atoms with Crippen LogP contribution in [0, 0.1) is 11.3 Å². The largest absolute Gasteiger partial charge is 0.512 e. The van der Waals surface area contributed by atoms with Gasteiger partial charge in [0.15, 0.2) is 11.9 Å². The Bertz CT molecular complexity index is 997. The van der Waals surface area contributed by atoms with Crippen LogP contribution >= 0.6 is 0 Å². The molecule has 2 aromatic heterocycles. The molecule has 0 radical (unpaired) electrons. The zero-order valence-corrected chi connectivity index (χ0v) is 16.4. The van der Waals surface area contributed by atoms with E-state index in [1.807, 2.05) is 0 Å². The van der Waals surface area contributed by atoms with Crippen LogP contribution < -0.4 is 5.73 Å². The maximum atomic E-state index is 12.4. The van der Waals surface area contributed by atoms with Gasteiger partial charge in [-0.25, -0.2) is 14.3 Å². The van der Waals surface area contributed by atoms with Crippen LogP contribution in [0.25, 0.3) is 5.52 Å². The van der Waals surface area contributed by atoms with E-state index in [-0.39, 0.29) is 5.82 Å². The minimum Gasteiger partial charge on any atom is -0.428 e. The summed E-state index contributed by atoms with van der Waals surface area (Å²) < 4.78 is 17.6. The highest BCUT2D eigenvalue weighted by Crippen LogP contribution is 2.42. The number of fused-ring (bicyclic) bond motifs is 1. The van der Waals surface area contributed by atoms with Crippen molar-refractivity contribution < 1.29 is 29.2 Å². The lowest BCUT2D eigenvalue weighted by Crippen LogP contribution is -2.47. The molecule has 2 fully saturated rings. The first-order valence-corrected chi connectivity index (χ1v) is 9.74. The molecule has 4 atom stereocenters. The van der Waals surface area contributed by atoms with Crippen LogP contribution in [0.4, 0.5) is 10.6 Å². The maximum Gasteiger partial charge on any atom is 0.512 e. The second-order valence-corrected chi connectivity index (χ2v) is 7.92. The summed E-state index contributed by atoms with van der Waals surface area (Å²) in [5, 5.41) is 34.8. The van der Waals surface area contributed by atoms with E-state index < -0.39 is 35.9 Å². The van der Waals surface area contributed by atoms with Gasteiger partial charge < -0.3 is 30.2 Å². The number of aliphatic hydroxyl groups is 2. The number of aliphatic hydroxyl groups excluding tert-OH is 2. The Kier molecular flexibility index (Phi) is 5.01. The normalized spacial score (nSPS) is 30.7. The molecule has 0 aromatic carbocycles. The SMILES string of the molecule is CC1(OC(=O)O[C@@]2(C#N)O[C@@H](c3ccc4c(N)ncnn34)[C@H](O)[C@@H]2O)CCCCC1. The number of aromatic nitrogens is 3. The van der Waals surface area contributed by atoms with Crippen LogP contribution in [0.3, 0.4) is 0 Å². The summed E-state index contributed by atoms with van der Waals surface area (Å²) in [4.78, 5) is 16.3. The molecular formula is C19H23N5O6. The Morgan fingerprint density at radius 1 is 1.33 bits per heavy atom. The van der Waals surface area contributed by atoms with Crippen LogP contribution in [0.5, 0.6) is 0 Å². The van der Waals surface area contributed by atoms with Gasteiger partial charge in [-0.2, -0.15) is 10.4 Å². The van der Waals surface area contributed by atoms with E-state index in [0.29, 0.717) is 24.1 Å². The molecular weight excluding hydrogens is 394 g/mol. The van der Waals surface area contributed by atoms with E-state index >= 15 is 0 Å². The summed E-state index contributed by atoms with van der Waals surface area (Å²) in [6.45, 7) is 1.80. The minimum atomic E-state index is -2.44. The van der Waals surface area contributed by atoms with E-state index in [0.717, 1.165) is 19.3 Å².